The molecule has 0 aliphatic rings. The van der Waals surface area contributed by atoms with Crippen molar-refractivity contribution in [3.63, 3.8) is 0 Å². The van der Waals surface area contributed by atoms with Crippen LogP contribution in [0.4, 0.5) is 0 Å². The summed E-state index contributed by atoms with van der Waals surface area (Å²) in [6.45, 7) is 2.29. The predicted molar refractivity (Wildman–Crippen MR) is 44.5 cm³/mol. The second-order valence-electron chi connectivity index (χ2n) is 1.49. The molecule has 0 fully saturated rings. The molecule has 4 heteroatoms. The maximum atomic E-state index is 5.29. The van der Waals surface area contributed by atoms with Gasteiger partial charge in [-0.2, -0.15) is 0 Å². The van der Waals surface area contributed by atoms with Crippen molar-refractivity contribution in [3.05, 3.63) is 10.6 Å². The largest absolute Gasteiger partial charge is 0.392 e. The molecule has 0 N–H and O–H groups in total. The Balaban J connectivity index is 3.21. The number of halogens is 2. The van der Waals surface area contributed by atoms with Crippen molar-refractivity contribution in [1.82, 2.24) is 0 Å². The van der Waals surface area contributed by atoms with E-state index in [1.54, 1.807) is 6.21 Å². The number of nitrogens with zero attached hydrogens (tertiary/aromatic N) is 1. The Hall–Kier alpha value is -0.210. The lowest BCUT2D eigenvalue weighted by molar-refractivity contribution is 0.175. The molecule has 0 heterocycles. The highest BCUT2D eigenvalue weighted by atomic mass is 35.5. The van der Waals surface area contributed by atoms with Gasteiger partial charge in [-0.25, -0.2) is 0 Å². The van der Waals surface area contributed by atoms with E-state index in [2.05, 4.69) is 5.16 Å². The number of hydrogen-bond donors (Lipinski definition) is 0. The van der Waals surface area contributed by atoms with Gasteiger partial charge in [0.25, 0.3) is 0 Å². The van der Waals surface area contributed by atoms with Crippen LogP contribution in [-0.2, 0) is 4.84 Å². The highest BCUT2D eigenvalue weighted by Crippen LogP contribution is 2.04. The first-order valence-electron chi connectivity index (χ1n) is 2.92. The summed E-state index contributed by atoms with van der Waals surface area (Å²) in [5.41, 5.74) is 0. The van der Waals surface area contributed by atoms with Crippen LogP contribution in [0.25, 0.3) is 0 Å². The summed E-state index contributed by atoms with van der Waals surface area (Å²) in [4.78, 5) is 4.71. The first kappa shape index (κ1) is 9.79. The predicted octanol–water partition coefficient (Wildman–Crippen LogP) is 2.72. The van der Waals surface area contributed by atoms with Gasteiger partial charge in [0.05, 0.1) is 0 Å². The van der Waals surface area contributed by atoms with Gasteiger partial charge in [-0.3, -0.25) is 0 Å². The van der Waals surface area contributed by atoms with Crippen molar-refractivity contribution < 1.29 is 4.84 Å². The topological polar surface area (TPSA) is 21.6 Å². The lowest BCUT2D eigenvalue weighted by Gasteiger charge is -1.90. The van der Waals surface area contributed by atoms with Crippen molar-refractivity contribution in [3.8, 4) is 0 Å². The first-order chi connectivity index (χ1) is 4.77. The van der Waals surface area contributed by atoms with Crippen molar-refractivity contribution >= 4 is 29.4 Å². The van der Waals surface area contributed by atoms with Gasteiger partial charge in [-0.1, -0.05) is 35.3 Å². The van der Waals surface area contributed by atoms with Crippen LogP contribution in [-0.4, -0.2) is 12.8 Å². The SMILES string of the molecule is CCC=NOCC=C(Cl)Cl. The van der Waals surface area contributed by atoms with E-state index in [4.69, 9.17) is 28.0 Å². The maximum Gasteiger partial charge on any atom is 0.138 e. The summed E-state index contributed by atoms with van der Waals surface area (Å²) >= 11 is 10.6. The van der Waals surface area contributed by atoms with Crippen LogP contribution < -0.4 is 0 Å². The molecule has 0 unspecified atom stereocenters. The van der Waals surface area contributed by atoms with Crippen LogP contribution in [0.15, 0.2) is 15.7 Å². The lowest BCUT2D eigenvalue weighted by atomic mass is 10.6. The Bertz CT molecular complexity index is 130. The zero-order chi connectivity index (χ0) is 7.82. The fourth-order valence-electron chi connectivity index (χ4n) is 0.271. The molecule has 0 aromatic rings. The normalized spacial score (nSPS) is 9.90. The molecule has 0 atom stereocenters. The monoisotopic (exact) mass is 181 g/mol. The van der Waals surface area contributed by atoms with Gasteiger partial charge in [-0.15, -0.1) is 0 Å². The second kappa shape index (κ2) is 6.90. The molecule has 0 aliphatic carbocycles. The fraction of sp³-hybridized carbons (Fsp3) is 0.500. The summed E-state index contributed by atoms with van der Waals surface area (Å²) in [5.74, 6) is 0. The van der Waals surface area contributed by atoms with Crippen LogP contribution in [0, 0.1) is 0 Å². The van der Waals surface area contributed by atoms with Crippen molar-refractivity contribution in [2.75, 3.05) is 6.61 Å². The molecule has 0 bridgehead atoms. The van der Waals surface area contributed by atoms with Crippen LogP contribution in [0.3, 0.4) is 0 Å². The third-order valence-corrected chi connectivity index (χ3v) is 0.952. The van der Waals surface area contributed by atoms with Gasteiger partial charge in [0.1, 0.15) is 11.1 Å². The molecule has 0 amide bonds. The molecule has 10 heavy (non-hydrogen) atoms. The molecule has 0 aromatic heterocycles. The summed E-state index contributed by atoms with van der Waals surface area (Å²) < 4.78 is 0.201. The molecule has 0 saturated heterocycles. The molecule has 0 rings (SSSR count). The molecule has 2 nitrogen and oxygen atoms in total. The Morgan fingerprint density at radius 2 is 2.30 bits per heavy atom. The van der Waals surface area contributed by atoms with E-state index in [9.17, 15) is 0 Å². The second-order valence-corrected chi connectivity index (χ2v) is 2.49. The van der Waals surface area contributed by atoms with E-state index in [0.717, 1.165) is 6.42 Å². The number of oxime groups is 1. The Morgan fingerprint density at radius 3 is 2.80 bits per heavy atom. The van der Waals surface area contributed by atoms with Crippen LogP contribution in [0.1, 0.15) is 13.3 Å². The molecule has 0 aliphatic heterocycles. The van der Waals surface area contributed by atoms with Gasteiger partial charge in [0, 0.05) is 6.21 Å². The lowest BCUT2D eigenvalue weighted by Crippen LogP contribution is -1.81. The minimum atomic E-state index is 0.201. The van der Waals surface area contributed by atoms with E-state index in [1.807, 2.05) is 6.92 Å². The molecule has 58 valence electrons. The first-order valence-corrected chi connectivity index (χ1v) is 3.68. The number of rotatable bonds is 4. The molecule has 0 aromatic carbocycles. The molecule has 0 radical (unpaired) electrons. The Labute approximate surface area is 70.4 Å². The van der Waals surface area contributed by atoms with E-state index >= 15 is 0 Å². The van der Waals surface area contributed by atoms with E-state index in [0.29, 0.717) is 6.61 Å². The number of hydrogen-bond acceptors (Lipinski definition) is 2. The average molecular weight is 182 g/mol. The highest BCUT2D eigenvalue weighted by Gasteiger charge is 1.81. The minimum absolute atomic E-state index is 0.201. The van der Waals surface area contributed by atoms with Crippen molar-refractivity contribution in [2.24, 2.45) is 5.16 Å². The summed E-state index contributed by atoms with van der Waals surface area (Å²) in [6, 6.07) is 0. The van der Waals surface area contributed by atoms with Crippen LogP contribution >= 0.6 is 23.2 Å². The quantitative estimate of drug-likeness (QED) is 0.372. The van der Waals surface area contributed by atoms with Gasteiger partial charge in [0.15, 0.2) is 0 Å². The van der Waals surface area contributed by atoms with Crippen LogP contribution in [0.5, 0.6) is 0 Å². The Kier molecular flexibility index (Phi) is 6.76. The average Bonchev–Trinajstić information content (AvgIpc) is 1.87. The van der Waals surface area contributed by atoms with E-state index in [1.165, 1.54) is 6.08 Å². The summed E-state index contributed by atoms with van der Waals surface area (Å²) in [6.07, 6.45) is 4.05. The van der Waals surface area contributed by atoms with Crippen LogP contribution in [0.2, 0.25) is 0 Å². The smallest absolute Gasteiger partial charge is 0.138 e. The Morgan fingerprint density at radius 1 is 1.60 bits per heavy atom. The fourth-order valence-corrected chi connectivity index (χ4v) is 0.397. The van der Waals surface area contributed by atoms with Gasteiger partial charge >= 0.3 is 0 Å². The standard InChI is InChI=1S/C6H9Cl2NO/c1-2-4-9-10-5-3-6(7)8/h3-4H,2,5H2,1H3. The summed E-state index contributed by atoms with van der Waals surface area (Å²) in [5, 5.41) is 3.57. The third kappa shape index (κ3) is 7.79. The highest BCUT2D eigenvalue weighted by molar-refractivity contribution is 6.55. The van der Waals surface area contributed by atoms with Crippen molar-refractivity contribution in [1.29, 1.82) is 0 Å². The van der Waals surface area contributed by atoms with Gasteiger partial charge < -0.3 is 4.84 Å². The third-order valence-electron chi connectivity index (χ3n) is 0.644. The zero-order valence-corrected chi connectivity index (χ0v) is 7.19. The molecule has 0 spiro atoms. The van der Waals surface area contributed by atoms with Crippen molar-refractivity contribution in [2.45, 2.75) is 13.3 Å². The maximum absolute atomic E-state index is 5.29. The summed E-state index contributed by atoms with van der Waals surface area (Å²) in [7, 11) is 0. The van der Waals surface area contributed by atoms with E-state index in [-0.39, 0.29) is 4.49 Å². The molecular formula is C6H9Cl2NO. The molecule has 0 saturated carbocycles. The van der Waals surface area contributed by atoms with Gasteiger partial charge in [-0.05, 0) is 12.5 Å². The zero-order valence-electron chi connectivity index (χ0n) is 5.68. The minimum Gasteiger partial charge on any atom is -0.392 e. The van der Waals surface area contributed by atoms with Gasteiger partial charge in [0.2, 0.25) is 0 Å². The van der Waals surface area contributed by atoms with E-state index < -0.39 is 0 Å². The molecular weight excluding hydrogens is 173 g/mol.